The van der Waals surface area contributed by atoms with Gasteiger partial charge in [0.15, 0.2) is 0 Å². The highest BCUT2D eigenvalue weighted by molar-refractivity contribution is 5.89. The maximum absolute atomic E-state index is 11.0. The van der Waals surface area contributed by atoms with Gasteiger partial charge in [-0.15, -0.1) is 0 Å². The predicted octanol–water partition coefficient (Wildman–Crippen LogP) is 0.720. The first-order valence-electron chi connectivity index (χ1n) is 4.58. The number of carbonyl (C=O) groups is 1. The van der Waals surface area contributed by atoms with Crippen molar-refractivity contribution >= 4 is 16.8 Å². The van der Waals surface area contributed by atoms with Crippen molar-refractivity contribution < 1.29 is 4.79 Å². The molecule has 1 unspecified atom stereocenters. The van der Waals surface area contributed by atoms with E-state index in [-0.39, 0.29) is 0 Å². The Labute approximate surface area is 86.9 Å². The maximum atomic E-state index is 11.0. The van der Waals surface area contributed by atoms with Crippen molar-refractivity contribution in [1.82, 2.24) is 4.98 Å². The summed E-state index contributed by atoms with van der Waals surface area (Å²) >= 11 is 0. The molecule has 2 rings (SSSR count). The number of para-hydroxylation sites is 1. The van der Waals surface area contributed by atoms with Gasteiger partial charge in [-0.2, -0.15) is 0 Å². The summed E-state index contributed by atoms with van der Waals surface area (Å²) in [6, 6.07) is 8.47. The van der Waals surface area contributed by atoms with Crippen LogP contribution in [-0.2, 0) is 4.79 Å². The number of aromatic nitrogens is 1. The fourth-order valence-corrected chi connectivity index (χ4v) is 1.53. The molecule has 1 aromatic carbocycles. The Morgan fingerprint density at radius 2 is 2.00 bits per heavy atom. The number of carbonyl (C=O) groups excluding carboxylic acids is 1. The normalized spacial score (nSPS) is 12.6. The first kappa shape index (κ1) is 9.61. The Bertz CT molecular complexity index is 505. The number of nitrogens with zero attached hydrogens (tertiary/aromatic N) is 1. The third-order valence-electron chi connectivity index (χ3n) is 2.31. The molecule has 0 fully saturated rings. The maximum Gasteiger partial charge on any atom is 0.239 e. The molecule has 1 atom stereocenters. The Balaban J connectivity index is 2.65. The molecule has 15 heavy (non-hydrogen) atoms. The third kappa shape index (κ3) is 1.67. The zero-order chi connectivity index (χ0) is 10.8. The van der Waals surface area contributed by atoms with Gasteiger partial charge >= 0.3 is 0 Å². The van der Waals surface area contributed by atoms with Crippen LogP contribution < -0.4 is 11.5 Å². The van der Waals surface area contributed by atoms with Crippen LogP contribution in [0.3, 0.4) is 0 Å². The number of benzene rings is 1. The molecule has 2 aromatic rings. The summed E-state index contributed by atoms with van der Waals surface area (Å²) in [6.07, 6.45) is 1.67. The van der Waals surface area contributed by atoms with Crippen LogP contribution in [0.1, 0.15) is 11.6 Å². The molecule has 0 spiro atoms. The minimum Gasteiger partial charge on any atom is -0.368 e. The second kappa shape index (κ2) is 3.67. The Morgan fingerprint density at radius 3 is 2.73 bits per heavy atom. The quantitative estimate of drug-likeness (QED) is 0.751. The molecule has 0 aliphatic heterocycles. The minimum atomic E-state index is -0.802. The Kier molecular flexibility index (Phi) is 2.35. The van der Waals surface area contributed by atoms with Gasteiger partial charge in [-0.25, -0.2) is 0 Å². The van der Waals surface area contributed by atoms with E-state index < -0.39 is 11.9 Å². The van der Waals surface area contributed by atoms with Crippen molar-refractivity contribution in [2.45, 2.75) is 6.04 Å². The molecule has 0 aliphatic rings. The fraction of sp³-hybridized carbons (Fsp3) is 0.0909. The zero-order valence-corrected chi connectivity index (χ0v) is 8.05. The minimum absolute atomic E-state index is 0.548. The summed E-state index contributed by atoms with van der Waals surface area (Å²) in [7, 11) is 0. The van der Waals surface area contributed by atoms with Crippen molar-refractivity contribution in [1.29, 1.82) is 0 Å². The molecule has 0 radical (unpaired) electrons. The van der Waals surface area contributed by atoms with E-state index in [0.717, 1.165) is 10.9 Å². The molecule has 4 N–H and O–H groups in total. The summed E-state index contributed by atoms with van der Waals surface area (Å²) in [5, 5.41) is 0.951. The van der Waals surface area contributed by atoms with Crippen LogP contribution in [0.4, 0.5) is 0 Å². The standard InChI is InChI=1S/C11H11N3O/c12-9(11(13)15)8-5-1-3-7-4-2-6-14-10(7)8/h1-6,9H,12H2,(H2,13,15). The van der Waals surface area contributed by atoms with Gasteiger partial charge in [0.1, 0.15) is 6.04 Å². The third-order valence-corrected chi connectivity index (χ3v) is 2.31. The molecule has 0 saturated heterocycles. The number of amides is 1. The molecule has 4 heteroatoms. The van der Waals surface area contributed by atoms with Crippen molar-refractivity contribution in [2.75, 3.05) is 0 Å². The first-order valence-corrected chi connectivity index (χ1v) is 4.58. The van der Waals surface area contributed by atoms with E-state index in [4.69, 9.17) is 11.5 Å². The van der Waals surface area contributed by atoms with Gasteiger partial charge in [-0.3, -0.25) is 9.78 Å². The summed E-state index contributed by atoms with van der Waals surface area (Å²) < 4.78 is 0. The predicted molar refractivity (Wildman–Crippen MR) is 57.9 cm³/mol. The summed E-state index contributed by atoms with van der Waals surface area (Å²) in [5.74, 6) is -0.548. The lowest BCUT2D eigenvalue weighted by Crippen LogP contribution is -2.28. The Hall–Kier alpha value is -1.94. The highest BCUT2D eigenvalue weighted by Gasteiger charge is 2.15. The lowest BCUT2D eigenvalue weighted by atomic mass is 10.0. The van der Waals surface area contributed by atoms with E-state index in [2.05, 4.69) is 4.98 Å². The average molecular weight is 201 g/mol. The van der Waals surface area contributed by atoms with Gasteiger partial charge in [-0.1, -0.05) is 24.3 Å². The van der Waals surface area contributed by atoms with Crippen molar-refractivity contribution in [3.05, 3.63) is 42.1 Å². The molecule has 1 aromatic heterocycles. The van der Waals surface area contributed by atoms with E-state index in [0.29, 0.717) is 5.56 Å². The van der Waals surface area contributed by atoms with E-state index >= 15 is 0 Å². The lowest BCUT2D eigenvalue weighted by molar-refractivity contribution is -0.119. The van der Waals surface area contributed by atoms with Crippen LogP contribution in [0.15, 0.2) is 36.5 Å². The van der Waals surface area contributed by atoms with Gasteiger partial charge in [0.05, 0.1) is 5.52 Å². The van der Waals surface area contributed by atoms with E-state index in [1.54, 1.807) is 12.3 Å². The van der Waals surface area contributed by atoms with Crippen molar-refractivity contribution in [3.63, 3.8) is 0 Å². The highest BCUT2D eigenvalue weighted by atomic mass is 16.1. The summed E-state index contributed by atoms with van der Waals surface area (Å²) in [4.78, 5) is 15.2. The zero-order valence-electron chi connectivity index (χ0n) is 8.05. The highest BCUT2D eigenvalue weighted by Crippen LogP contribution is 2.20. The van der Waals surface area contributed by atoms with Crippen LogP contribution in [0.2, 0.25) is 0 Å². The van der Waals surface area contributed by atoms with Crippen LogP contribution in [0, 0.1) is 0 Å². The number of hydrogen-bond donors (Lipinski definition) is 2. The fourth-order valence-electron chi connectivity index (χ4n) is 1.53. The second-order valence-electron chi connectivity index (χ2n) is 3.30. The molecule has 1 heterocycles. The van der Waals surface area contributed by atoms with Crippen LogP contribution in [-0.4, -0.2) is 10.9 Å². The van der Waals surface area contributed by atoms with Crippen LogP contribution in [0.25, 0.3) is 10.9 Å². The topological polar surface area (TPSA) is 82.0 Å². The molecular formula is C11H11N3O. The number of fused-ring (bicyclic) bond motifs is 1. The molecule has 1 amide bonds. The van der Waals surface area contributed by atoms with Gasteiger partial charge in [-0.05, 0) is 6.07 Å². The molecular weight excluding hydrogens is 190 g/mol. The van der Waals surface area contributed by atoms with Crippen LogP contribution >= 0.6 is 0 Å². The van der Waals surface area contributed by atoms with E-state index in [1.807, 2.05) is 24.3 Å². The first-order chi connectivity index (χ1) is 7.20. The summed E-state index contributed by atoms with van der Waals surface area (Å²) in [5.41, 5.74) is 12.3. The number of hydrogen-bond acceptors (Lipinski definition) is 3. The molecule has 0 bridgehead atoms. The van der Waals surface area contributed by atoms with Crippen molar-refractivity contribution in [2.24, 2.45) is 11.5 Å². The second-order valence-corrected chi connectivity index (χ2v) is 3.30. The van der Waals surface area contributed by atoms with Gasteiger partial charge < -0.3 is 11.5 Å². The van der Waals surface area contributed by atoms with Gasteiger partial charge in [0.2, 0.25) is 5.91 Å². The molecule has 76 valence electrons. The SMILES string of the molecule is NC(=O)C(N)c1cccc2cccnc12. The monoisotopic (exact) mass is 201 g/mol. The van der Waals surface area contributed by atoms with Crippen molar-refractivity contribution in [3.8, 4) is 0 Å². The number of rotatable bonds is 2. The molecule has 0 saturated carbocycles. The van der Waals surface area contributed by atoms with Crippen LogP contribution in [0.5, 0.6) is 0 Å². The van der Waals surface area contributed by atoms with Gasteiger partial charge in [0.25, 0.3) is 0 Å². The molecule has 4 nitrogen and oxygen atoms in total. The molecule has 0 aliphatic carbocycles. The average Bonchev–Trinajstić information content (AvgIpc) is 2.27. The van der Waals surface area contributed by atoms with E-state index in [1.165, 1.54) is 0 Å². The lowest BCUT2D eigenvalue weighted by Gasteiger charge is -2.09. The number of nitrogens with two attached hydrogens (primary N) is 2. The van der Waals surface area contributed by atoms with Gasteiger partial charge in [0, 0.05) is 17.1 Å². The summed E-state index contributed by atoms with van der Waals surface area (Å²) in [6.45, 7) is 0. The number of primary amides is 1. The van der Waals surface area contributed by atoms with E-state index in [9.17, 15) is 4.79 Å². The number of pyridine rings is 1. The Morgan fingerprint density at radius 1 is 1.27 bits per heavy atom. The largest absolute Gasteiger partial charge is 0.368 e. The smallest absolute Gasteiger partial charge is 0.239 e.